The molecular formula is C24H28N2O6. The minimum absolute atomic E-state index is 0.181. The van der Waals surface area contributed by atoms with Gasteiger partial charge in [0, 0.05) is 6.54 Å². The molecule has 0 unspecified atom stereocenters. The smallest absolute Gasteiger partial charge is 0.311 e. The molecule has 0 saturated carbocycles. The molecule has 2 amide bonds. The van der Waals surface area contributed by atoms with Crippen LogP contribution in [0, 0.1) is 5.92 Å². The zero-order valence-corrected chi connectivity index (χ0v) is 18.1. The molecule has 4 rings (SSSR count). The lowest BCUT2D eigenvalue weighted by Crippen LogP contribution is -2.57. The average molecular weight is 440 g/mol. The second-order valence-electron chi connectivity index (χ2n) is 8.13. The fourth-order valence-electron chi connectivity index (χ4n) is 4.84. The van der Waals surface area contributed by atoms with Crippen molar-refractivity contribution in [3.05, 3.63) is 54.5 Å². The van der Waals surface area contributed by atoms with Crippen LogP contribution in [0.15, 0.2) is 53.1 Å². The molecule has 8 nitrogen and oxygen atoms in total. The summed E-state index contributed by atoms with van der Waals surface area (Å²) < 4.78 is 16.7. The van der Waals surface area contributed by atoms with Crippen molar-refractivity contribution < 1.29 is 28.3 Å². The van der Waals surface area contributed by atoms with Gasteiger partial charge in [0.25, 0.3) is 5.91 Å². The van der Waals surface area contributed by atoms with Crippen LogP contribution in [0.25, 0.3) is 0 Å². The molecule has 2 aliphatic rings. The number of hydrogen-bond donors (Lipinski definition) is 1. The maximum absolute atomic E-state index is 13.6. The first-order valence-electron chi connectivity index (χ1n) is 11.0. The Kier molecular flexibility index (Phi) is 6.48. The number of furan rings is 1. The third kappa shape index (κ3) is 4.09. The van der Waals surface area contributed by atoms with E-state index in [2.05, 4.69) is 5.32 Å². The topological polar surface area (TPSA) is 98.1 Å². The SMILES string of the molecule is CCOC(=O)[C@H]1C[C@]2(CCCCNC2=O)N(C(=O)COc2ccccc2)[C@H]1c1ccco1. The van der Waals surface area contributed by atoms with Crippen molar-refractivity contribution in [1.29, 1.82) is 0 Å². The van der Waals surface area contributed by atoms with Crippen LogP contribution in [0.3, 0.4) is 0 Å². The van der Waals surface area contributed by atoms with Crippen LogP contribution in [0.2, 0.25) is 0 Å². The average Bonchev–Trinajstić information content (AvgIpc) is 3.40. The first kappa shape index (κ1) is 21.9. The fourth-order valence-corrected chi connectivity index (χ4v) is 4.84. The van der Waals surface area contributed by atoms with Gasteiger partial charge >= 0.3 is 5.97 Å². The van der Waals surface area contributed by atoms with Crippen molar-refractivity contribution >= 4 is 17.8 Å². The second-order valence-corrected chi connectivity index (χ2v) is 8.13. The molecule has 170 valence electrons. The van der Waals surface area contributed by atoms with Crippen LogP contribution >= 0.6 is 0 Å². The number of nitrogens with one attached hydrogen (secondary N) is 1. The van der Waals surface area contributed by atoms with Crippen LogP contribution in [0.1, 0.15) is 44.4 Å². The number of hydrogen-bond acceptors (Lipinski definition) is 6. The van der Waals surface area contributed by atoms with E-state index < -0.39 is 23.5 Å². The summed E-state index contributed by atoms with van der Waals surface area (Å²) in [6.07, 6.45) is 3.70. The van der Waals surface area contributed by atoms with Crippen LogP contribution < -0.4 is 10.1 Å². The highest BCUT2D eigenvalue weighted by molar-refractivity contribution is 5.94. The Hall–Kier alpha value is -3.29. The van der Waals surface area contributed by atoms with E-state index in [-0.39, 0.29) is 31.4 Å². The lowest BCUT2D eigenvalue weighted by atomic mass is 9.86. The monoisotopic (exact) mass is 440 g/mol. The van der Waals surface area contributed by atoms with Gasteiger partial charge in [-0.05, 0) is 56.9 Å². The maximum atomic E-state index is 13.6. The summed E-state index contributed by atoms with van der Waals surface area (Å²) >= 11 is 0. The van der Waals surface area contributed by atoms with Gasteiger partial charge in [-0.3, -0.25) is 14.4 Å². The Morgan fingerprint density at radius 1 is 1.19 bits per heavy atom. The largest absolute Gasteiger partial charge is 0.484 e. The summed E-state index contributed by atoms with van der Waals surface area (Å²) in [6.45, 7) is 2.23. The number of likely N-dealkylation sites (tertiary alicyclic amines) is 1. The highest BCUT2D eigenvalue weighted by Crippen LogP contribution is 2.50. The Morgan fingerprint density at radius 3 is 2.72 bits per heavy atom. The highest BCUT2D eigenvalue weighted by Gasteiger charge is 2.61. The fraction of sp³-hybridized carbons (Fsp3) is 0.458. The van der Waals surface area contributed by atoms with E-state index in [4.69, 9.17) is 13.9 Å². The molecule has 0 aliphatic carbocycles. The molecule has 1 aromatic heterocycles. The van der Waals surface area contributed by atoms with Gasteiger partial charge in [0.1, 0.15) is 23.1 Å². The molecular weight excluding hydrogens is 412 g/mol. The van der Waals surface area contributed by atoms with E-state index in [1.807, 2.05) is 18.2 Å². The third-order valence-electron chi connectivity index (χ3n) is 6.20. The van der Waals surface area contributed by atoms with E-state index in [1.165, 1.54) is 11.2 Å². The Balaban J connectivity index is 1.73. The van der Waals surface area contributed by atoms with E-state index in [9.17, 15) is 14.4 Å². The minimum Gasteiger partial charge on any atom is -0.484 e. The number of esters is 1. The summed E-state index contributed by atoms with van der Waals surface area (Å²) in [5.41, 5.74) is -1.16. The van der Waals surface area contributed by atoms with Gasteiger partial charge in [0.2, 0.25) is 5.91 Å². The lowest BCUT2D eigenvalue weighted by molar-refractivity contribution is -0.152. The molecule has 2 aromatic rings. The van der Waals surface area contributed by atoms with Gasteiger partial charge < -0.3 is 24.1 Å². The Morgan fingerprint density at radius 2 is 2.00 bits per heavy atom. The van der Waals surface area contributed by atoms with Gasteiger partial charge in [-0.15, -0.1) is 0 Å². The van der Waals surface area contributed by atoms with Crippen molar-refractivity contribution in [3.63, 3.8) is 0 Å². The summed E-state index contributed by atoms with van der Waals surface area (Å²) in [7, 11) is 0. The molecule has 2 fully saturated rings. The molecule has 0 bridgehead atoms. The molecule has 3 heterocycles. The first-order valence-corrected chi connectivity index (χ1v) is 11.0. The number of carbonyl (C=O) groups is 3. The summed E-state index contributed by atoms with van der Waals surface area (Å²) in [6, 6.07) is 11.7. The number of para-hydroxylation sites is 1. The van der Waals surface area contributed by atoms with E-state index >= 15 is 0 Å². The number of ether oxygens (including phenoxy) is 2. The predicted molar refractivity (Wildman–Crippen MR) is 115 cm³/mol. The molecule has 1 N–H and O–H groups in total. The zero-order chi connectivity index (χ0) is 22.6. The maximum Gasteiger partial charge on any atom is 0.311 e. The predicted octanol–water partition coefficient (Wildman–Crippen LogP) is 2.85. The van der Waals surface area contributed by atoms with Crippen molar-refractivity contribution in [2.45, 2.75) is 44.2 Å². The Bertz CT molecular complexity index is 945. The van der Waals surface area contributed by atoms with Crippen molar-refractivity contribution in [2.75, 3.05) is 19.8 Å². The second kappa shape index (κ2) is 9.46. The summed E-state index contributed by atoms with van der Waals surface area (Å²) in [5, 5.41) is 2.94. The highest BCUT2D eigenvalue weighted by atomic mass is 16.5. The molecule has 2 aliphatic heterocycles. The molecule has 32 heavy (non-hydrogen) atoms. The van der Waals surface area contributed by atoms with Gasteiger partial charge in [0.15, 0.2) is 6.61 Å². The normalized spacial score (nSPS) is 25.3. The number of benzene rings is 1. The van der Waals surface area contributed by atoms with Crippen LogP contribution in [-0.2, 0) is 19.1 Å². The van der Waals surface area contributed by atoms with Crippen molar-refractivity contribution in [2.24, 2.45) is 5.92 Å². The first-order chi connectivity index (χ1) is 15.6. The van der Waals surface area contributed by atoms with Gasteiger partial charge in [-0.1, -0.05) is 18.2 Å². The van der Waals surface area contributed by atoms with Gasteiger partial charge in [-0.2, -0.15) is 0 Å². The van der Waals surface area contributed by atoms with Crippen molar-refractivity contribution in [1.82, 2.24) is 10.2 Å². The molecule has 1 spiro atoms. The van der Waals surface area contributed by atoms with Crippen LogP contribution in [0.5, 0.6) is 5.75 Å². The number of amides is 2. The summed E-state index contributed by atoms with van der Waals surface area (Å²) in [5.74, 6) is -0.776. The molecule has 8 heteroatoms. The summed E-state index contributed by atoms with van der Waals surface area (Å²) in [4.78, 5) is 41.4. The number of rotatable bonds is 6. The quantitative estimate of drug-likeness (QED) is 0.694. The van der Waals surface area contributed by atoms with Gasteiger partial charge in [0.05, 0.1) is 18.8 Å². The Labute approximate surface area is 186 Å². The van der Waals surface area contributed by atoms with Crippen molar-refractivity contribution in [3.8, 4) is 5.75 Å². The van der Waals surface area contributed by atoms with Crippen LogP contribution in [-0.4, -0.2) is 48.0 Å². The molecule has 1 aromatic carbocycles. The van der Waals surface area contributed by atoms with E-state index in [1.54, 1.807) is 31.2 Å². The standard InChI is InChI=1S/C24H28N2O6/c1-2-30-22(28)18-15-24(12-6-7-13-25-23(24)29)26(21(18)19-11-8-14-31-19)20(27)16-32-17-9-4-3-5-10-17/h3-5,8-11,14,18,21H,2,6-7,12-13,15-16H2,1H3,(H,25,29)/t18-,21+,24-/m0/s1. The molecule has 3 atom stereocenters. The van der Waals surface area contributed by atoms with E-state index in [0.29, 0.717) is 24.5 Å². The number of carbonyl (C=O) groups excluding carboxylic acids is 3. The van der Waals surface area contributed by atoms with Gasteiger partial charge in [-0.25, -0.2) is 0 Å². The molecule has 0 radical (unpaired) electrons. The number of nitrogens with zero attached hydrogens (tertiary/aromatic N) is 1. The third-order valence-corrected chi connectivity index (χ3v) is 6.20. The van der Waals surface area contributed by atoms with E-state index in [0.717, 1.165) is 12.8 Å². The molecule has 2 saturated heterocycles. The minimum atomic E-state index is -1.16. The lowest BCUT2D eigenvalue weighted by Gasteiger charge is -2.38. The zero-order valence-electron chi connectivity index (χ0n) is 18.1. The van der Waals surface area contributed by atoms with Crippen LogP contribution in [0.4, 0.5) is 0 Å².